The molecule has 3 aromatic rings. The van der Waals surface area contributed by atoms with E-state index in [1.807, 2.05) is 36.2 Å². The van der Waals surface area contributed by atoms with E-state index < -0.39 is 10.9 Å². The van der Waals surface area contributed by atoms with Crippen LogP contribution in [0.2, 0.25) is 0 Å². The minimum absolute atomic E-state index is 0.0291. The van der Waals surface area contributed by atoms with Gasteiger partial charge in [0.25, 0.3) is 5.69 Å². The minimum Gasteiger partial charge on any atom is -0.494 e. The lowest BCUT2D eigenvalue weighted by atomic mass is 10.2. The molecule has 3 aromatic carbocycles. The number of non-ortho nitro benzene ring substituents is 1. The maximum Gasteiger partial charge on any atom is 0.303 e. The van der Waals surface area contributed by atoms with Crippen molar-refractivity contribution in [1.29, 1.82) is 0 Å². The number of methoxy groups -OCH3 is 2. The number of hydrogen-bond acceptors (Lipinski definition) is 10. The van der Waals surface area contributed by atoms with E-state index in [0.29, 0.717) is 41.5 Å². The van der Waals surface area contributed by atoms with Crippen LogP contribution in [0.3, 0.4) is 0 Å². The van der Waals surface area contributed by atoms with Crippen LogP contribution in [0, 0.1) is 10.1 Å². The van der Waals surface area contributed by atoms with Crippen LogP contribution < -0.4 is 25.2 Å². The van der Waals surface area contributed by atoms with Crippen molar-refractivity contribution < 1.29 is 24.3 Å². The van der Waals surface area contributed by atoms with Gasteiger partial charge in [-0.25, -0.2) is 0 Å². The van der Waals surface area contributed by atoms with Crippen molar-refractivity contribution in [3.63, 3.8) is 0 Å². The summed E-state index contributed by atoms with van der Waals surface area (Å²) in [5.41, 5.74) is 9.41. The number of nitrogens with one attached hydrogen (secondary N) is 2. The van der Waals surface area contributed by atoms with E-state index in [4.69, 9.17) is 14.6 Å². The number of rotatable bonds is 13. The first-order valence-electron chi connectivity index (χ1n) is 11.3. The molecule has 0 bridgehead atoms. The lowest BCUT2D eigenvalue weighted by Crippen LogP contribution is -2.19. The van der Waals surface area contributed by atoms with E-state index in [9.17, 15) is 14.9 Å². The van der Waals surface area contributed by atoms with Gasteiger partial charge in [0.15, 0.2) is 0 Å². The highest BCUT2D eigenvalue weighted by Crippen LogP contribution is 2.39. The predicted octanol–water partition coefficient (Wildman–Crippen LogP) is 5.77. The molecule has 0 aliphatic carbocycles. The largest absolute Gasteiger partial charge is 0.494 e. The summed E-state index contributed by atoms with van der Waals surface area (Å²) in [4.78, 5) is 23.0. The fourth-order valence-corrected chi connectivity index (χ4v) is 3.35. The molecule has 3 N–H and O–H groups in total. The van der Waals surface area contributed by atoms with Crippen molar-refractivity contribution in [3.05, 3.63) is 70.8 Å². The van der Waals surface area contributed by atoms with Crippen molar-refractivity contribution in [1.82, 2.24) is 0 Å². The molecule has 0 aliphatic heterocycles. The SMILES string of the molecule is COc1cc(NNc2ccc(N(C)CCCC(=O)O)cc2)c(OC)cc1/N=N/c1ccc([N+](=O)[O-])cc1. The number of nitro benzene ring substituents is 1. The average molecular weight is 509 g/mol. The normalized spacial score (nSPS) is 10.7. The van der Waals surface area contributed by atoms with Crippen molar-refractivity contribution in [2.75, 3.05) is 43.6 Å². The number of carboxylic acid groups (broad SMARTS) is 1. The van der Waals surface area contributed by atoms with Crippen molar-refractivity contribution >= 4 is 40.1 Å². The van der Waals surface area contributed by atoms with E-state index in [1.54, 1.807) is 12.1 Å². The molecule has 0 saturated carbocycles. The average Bonchev–Trinajstić information content (AvgIpc) is 2.90. The fraction of sp³-hybridized carbons (Fsp3) is 0.240. The van der Waals surface area contributed by atoms with Gasteiger partial charge in [0.05, 0.1) is 36.2 Å². The Morgan fingerprint density at radius 3 is 2.27 bits per heavy atom. The summed E-state index contributed by atoms with van der Waals surface area (Å²) in [5, 5.41) is 27.9. The molecule has 194 valence electrons. The molecule has 0 unspecified atom stereocenters. The molecule has 12 heteroatoms. The third-order valence-corrected chi connectivity index (χ3v) is 5.37. The molecule has 0 aliphatic rings. The number of aliphatic carboxylic acids is 1. The topological polar surface area (TPSA) is 151 Å². The van der Waals surface area contributed by atoms with Gasteiger partial charge >= 0.3 is 5.97 Å². The molecule has 0 fully saturated rings. The van der Waals surface area contributed by atoms with Crippen LogP contribution in [0.15, 0.2) is 70.9 Å². The summed E-state index contributed by atoms with van der Waals surface area (Å²) in [6.07, 6.45) is 0.703. The first kappa shape index (κ1) is 26.7. The quantitative estimate of drug-likeness (QED) is 0.148. The number of azo groups is 1. The highest BCUT2D eigenvalue weighted by atomic mass is 16.6. The Kier molecular flexibility index (Phi) is 9.19. The lowest BCUT2D eigenvalue weighted by Gasteiger charge is -2.20. The van der Waals surface area contributed by atoms with Crippen molar-refractivity contribution in [2.24, 2.45) is 10.2 Å². The molecular weight excluding hydrogens is 480 g/mol. The molecular formula is C25H28N6O6. The first-order valence-corrected chi connectivity index (χ1v) is 11.3. The number of anilines is 3. The number of hydrazine groups is 1. The van der Waals surface area contributed by atoms with E-state index in [2.05, 4.69) is 21.1 Å². The highest BCUT2D eigenvalue weighted by molar-refractivity contribution is 5.70. The monoisotopic (exact) mass is 508 g/mol. The van der Waals surface area contributed by atoms with Gasteiger partial charge in [-0.05, 0) is 42.8 Å². The van der Waals surface area contributed by atoms with Crippen molar-refractivity contribution in [2.45, 2.75) is 12.8 Å². The third kappa shape index (κ3) is 7.56. The maximum atomic E-state index is 10.8. The number of nitrogens with zero attached hydrogens (tertiary/aromatic N) is 4. The summed E-state index contributed by atoms with van der Waals surface area (Å²) in [7, 11) is 4.95. The van der Waals surface area contributed by atoms with Crippen LogP contribution in [-0.4, -0.2) is 43.8 Å². The second-order valence-electron chi connectivity index (χ2n) is 7.91. The van der Waals surface area contributed by atoms with E-state index in [-0.39, 0.29) is 12.1 Å². The van der Waals surface area contributed by atoms with Gasteiger partial charge in [0, 0.05) is 50.0 Å². The Balaban J connectivity index is 1.68. The van der Waals surface area contributed by atoms with E-state index in [0.717, 1.165) is 11.4 Å². The van der Waals surface area contributed by atoms with Crippen LogP contribution in [0.4, 0.5) is 34.1 Å². The summed E-state index contributed by atoms with van der Waals surface area (Å²) in [5.74, 6) is 0.126. The van der Waals surface area contributed by atoms with Gasteiger partial charge in [0.2, 0.25) is 0 Å². The molecule has 0 heterocycles. The zero-order valence-corrected chi connectivity index (χ0v) is 20.7. The number of carbonyl (C=O) groups is 1. The third-order valence-electron chi connectivity index (χ3n) is 5.37. The number of benzene rings is 3. The first-order chi connectivity index (χ1) is 17.8. The maximum absolute atomic E-state index is 10.8. The van der Waals surface area contributed by atoms with Gasteiger partial charge < -0.3 is 24.9 Å². The molecule has 0 radical (unpaired) electrons. The Bertz CT molecular complexity index is 1250. The van der Waals surface area contributed by atoms with Gasteiger partial charge in [0.1, 0.15) is 17.2 Å². The summed E-state index contributed by atoms with van der Waals surface area (Å²) >= 11 is 0. The van der Waals surface area contributed by atoms with Gasteiger partial charge in [-0.3, -0.25) is 20.3 Å². The summed E-state index contributed by atoms with van der Waals surface area (Å²) in [6, 6.07) is 16.7. The van der Waals surface area contributed by atoms with Crippen LogP contribution in [0.1, 0.15) is 12.8 Å². The molecule has 37 heavy (non-hydrogen) atoms. The van der Waals surface area contributed by atoms with Gasteiger partial charge in [-0.1, -0.05) is 0 Å². The molecule has 0 atom stereocenters. The molecule has 0 amide bonds. The standard InChI is InChI=1S/C25H28N6O6/c1-30(14-4-5-25(32)33)19-10-6-17(7-11-19)26-28-21-15-24(37-3)22(16-23(21)36-2)29-27-18-8-12-20(13-9-18)31(34)35/h6-13,15-16,26,28H,4-5,14H2,1-3H3,(H,32,33)/b29-27+. The molecule has 3 rings (SSSR count). The zero-order chi connectivity index (χ0) is 26.8. The van der Waals surface area contributed by atoms with E-state index >= 15 is 0 Å². The van der Waals surface area contributed by atoms with E-state index in [1.165, 1.54) is 38.5 Å². The second-order valence-corrected chi connectivity index (χ2v) is 7.91. The van der Waals surface area contributed by atoms with Gasteiger partial charge in [-0.2, -0.15) is 5.11 Å². The molecule has 0 aromatic heterocycles. The number of nitro groups is 1. The minimum atomic E-state index is -0.799. The Labute approximate surface area is 213 Å². The number of hydrogen-bond donors (Lipinski definition) is 3. The van der Waals surface area contributed by atoms with Crippen LogP contribution in [0.25, 0.3) is 0 Å². The Morgan fingerprint density at radius 1 is 1.00 bits per heavy atom. The van der Waals surface area contributed by atoms with Crippen LogP contribution >= 0.6 is 0 Å². The predicted molar refractivity (Wildman–Crippen MR) is 141 cm³/mol. The van der Waals surface area contributed by atoms with Crippen LogP contribution in [0.5, 0.6) is 11.5 Å². The summed E-state index contributed by atoms with van der Waals surface area (Å²) in [6.45, 7) is 0.641. The fourth-order valence-electron chi connectivity index (χ4n) is 3.35. The Morgan fingerprint density at radius 2 is 1.68 bits per heavy atom. The summed E-state index contributed by atoms with van der Waals surface area (Å²) < 4.78 is 10.9. The van der Waals surface area contributed by atoms with Crippen molar-refractivity contribution in [3.8, 4) is 11.5 Å². The molecule has 0 spiro atoms. The zero-order valence-electron chi connectivity index (χ0n) is 20.7. The smallest absolute Gasteiger partial charge is 0.303 e. The Hall–Kier alpha value is -4.87. The number of carboxylic acids is 1. The molecule has 12 nitrogen and oxygen atoms in total. The van der Waals surface area contributed by atoms with Gasteiger partial charge in [-0.15, -0.1) is 5.11 Å². The highest BCUT2D eigenvalue weighted by Gasteiger charge is 2.12. The molecule has 0 saturated heterocycles. The lowest BCUT2D eigenvalue weighted by molar-refractivity contribution is -0.384. The number of ether oxygens (including phenoxy) is 2. The van der Waals surface area contributed by atoms with Crippen LogP contribution in [-0.2, 0) is 4.79 Å². The second kappa shape index (κ2) is 12.7.